The molecule has 3 unspecified atom stereocenters. The SMILES string of the molecule is CCC(C=O)C(C[N+](=O)[O-])OC(C=O)COC. The zero-order valence-electron chi connectivity index (χ0n) is 9.90. The molecular weight excluding hydrogens is 230 g/mol. The molecule has 0 aromatic heterocycles. The first-order valence-corrected chi connectivity index (χ1v) is 5.25. The second kappa shape index (κ2) is 8.77. The van der Waals surface area contributed by atoms with Crippen molar-refractivity contribution in [2.45, 2.75) is 25.6 Å². The van der Waals surface area contributed by atoms with E-state index in [1.807, 2.05) is 0 Å². The van der Waals surface area contributed by atoms with E-state index in [-0.39, 0.29) is 6.61 Å². The molecule has 0 aliphatic carbocycles. The van der Waals surface area contributed by atoms with Crippen molar-refractivity contribution in [2.24, 2.45) is 5.92 Å². The predicted molar refractivity (Wildman–Crippen MR) is 58.3 cm³/mol. The van der Waals surface area contributed by atoms with Gasteiger partial charge in [-0.15, -0.1) is 0 Å². The number of methoxy groups -OCH3 is 1. The molecule has 0 aromatic rings. The summed E-state index contributed by atoms with van der Waals surface area (Å²) in [7, 11) is 1.39. The largest absolute Gasteiger partial charge is 0.382 e. The summed E-state index contributed by atoms with van der Waals surface area (Å²) in [6, 6.07) is 0. The van der Waals surface area contributed by atoms with Crippen molar-refractivity contribution in [1.29, 1.82) is 0 Å². The van der Waals surface area contributed by atoms with Gasteiger partial charge in [0.2, 0.25) is 6.54 Å². The van der Waals surface area contributed by atoms with E-state index >= 15 is 0 Å². The van der Waals surface area contributed by atoms with Crippen LogP contribution in [0.1, 0.15) is 13.3 Å². The van der Waals surface area contributed by atoms with Gasteiger partial charge in [0, 0.05) is 18.0 Å². The molecule has 0 bridgehead atoms. The summed E-state index contributed by atoms with van der Waals surface area (Å²) >= 11 is 0. The molecule has 0 heterocycles. The number of nitro groups is 1. The maximum atomic E-state index is 10.8. The Morgan fingerprint density at radius 1 is 1.35 bits per heavy atom. The number of carbonyl (C=O) groups excluding carboxylic acids is 2. The lowest BCUT2D eigenvalue weighted by Crippen LogP contribution is -2.37. The molecule has 7 nitrogen and oxygen atoms in total. The van der Waals surface area contributed by atoms with E-state index < -0.39 is 29.6 Å². The first-order valence-electron chi connectivity index (χ1n) is 5.25. The van der Waals surface area contributed by atoms with Crippen molar-refractivity contribution in [3.05, 3.63) is 10.1 Å². The van der Waals surface area contributed by atoms with Gasteiger partial charge in [-0.1, -0.05) is 6.92 Å². The Labute approximate surface area is 99.2 Å². The average Bonchev–Trinajstić information content (AvgIpc) is 2.29. The Kier molecular flexibility index (Phi) is 8.08. The summed E-state index contributed by atoms with van der Waals surface area (Å²) in [4.78, 5) is 31.3. The zero-order chi connectivity index (χ0) is 13.3. The summed E-state index contributed by atoms with van der Waals surface area (Å²) in [5, 5.41) is 10.5. The molecule has 0 saturated carbocycles. The standard InChI is InChI=1S/C10H17NO6/c1-3-8(5-12)10(4-11(14)15)17-9(6-13)7-16-2/h5-6,8-10H,3-4,7H2,1-2H3. The van der Waals surface area contributed by atoms with Gasteiger partial charge in [0.1, 0.15) is 18.5 Å². The van der Waals surface area contributed by atoms with Crippen LogP contribution in [0.3, 0.4) is 0 Å². The molecule has 0 N–H and O–H groups in total. The molecule has 0 aliphatic heterocycles. The molecule has 0 aromatic carbocycles. The molecule has 0 radical (unpaired) electrons. The number of hydrogen-bond acceptors (Lipinski definition) is 6. The summed E-state index contributed by atoms with van der Waals surface area (Å²) in [6.45, 7) is 1.22. The monoisotopic (exact) mass is 247 g/mol. The van der Waals surface area contributed by atoms with Crippen molar-refractivity contribution in [3.63, 3.8) is 0 Å². The second-order valence-corrected chi connectivity index (χ2v) is 3.53. The van der Waals surface area contributed by atoms with Gasteiger partial charge in [-0.3, -0.25) is 10.1 Å². The van der Waals surface area contributed by atoms with Crippen LogP contribution in [-0.2, 0) is 19.1 Å². The van der Waals surface area contributed by atoms with Crippen LogP contribution in [0.15, 0.2) is 0 Å². The molecule has 0 amide bonds. The predicted octanol–water partition coefficient (Wildman–Crippen LogP) is 0.0873. The van der Waals surface area contributed by atoms with Crippen molar-refractivity contribution in [2.75, 3.05) is 20.3 Å². The number of rotatable bonds is 10. The molecule has 17 heavy (non-hydrogen) atoms. The molecule has 98 valence electrons. The van der Waals surface area contributed by atoms with Gasteiger partial charge in [0.05, 0.1) is 6.61 Å². The Hall–Kier alpha value is -1.34. The number of ether oxygens (including phenoxy) is 2. The Bertz CT molecular complexity index is 257. The number of hydrogen-bond donors (Lipinski definition) is 0. The normalized spacial score (nSPS) is 15.9. The molecular formula is C10H17NO6. The van der Waals surface area contributed by atoms with E-state index in [4.69, 9.17) is 9.47 Å². The minimum Gasteiger partial charge on any atom is -0.382 e. The van der Waals surface area contributed by atoms with Crippen molar-refractivity contribution in [1.82, 2.24) is 0 Å². The van der Waals surface area contributed by atoms with E-state index in [0.717, 1.165) is 0 Å². The summed E-state index contributed by atoms with van der Waals surface area (Å²) in [5.41, 5.74) is 0. The quantitative estimate of drug-likeness (QED) is 0.308. The van der Waals surface area contributed by atoms with Crippen LogP contribution in [0.5, 0.6) is 0 Å². The van der Waals surface area contributed by atoms with Gasteiger partial charge >= 0.3 is 0 Å². The summed E-state index contributed by atoms with van der Waals surface area (Å²) < 4.78 is 9.96. The van der Waals surface area contributed by atoms with E-state index in [1.165, 1.54) is 7.11 Å². The molecule has 0 rings (SSSR count). The summed E-state index contributed by atoms with van der Waals surface area (Å²) in [6.07, 6.45) is -0.256. The third kappa shape index (κ3) is 6.08. The van der Waals surface area contributed by atoms with Crippen LogP contribution in [0.2, 0.25) is 0 Å². The van der Waals surface area contributed by atoms with E-state index in [0.29, 0.717) is 19.0 Å². The average molecular weight is 247 g/mol. The van der Waals surface area contributed by atoms with E-state index in [9.17, 15) is 19.7 Å². The fourth-order valence-electron chi connectivity index (χ4n) is 1.37. The van der Waals surface area contributed by atoms with Crippen molar-refractivity contribution < 1.29 is 24.0 Å². The van der Waals surface area contributed by atoms with Crippen LogP contribution in [0, 0.1) is 16.0 Å². The molecule has 0 aliphatic rings. The Morgan fingerprint density at radius 3 is 2.35 bits per heavy atom. The highest BCUT2D eigenvalue weighted by atomic mass is 16.6. The highest BCUT2D eigenvalue weighted by Crippen LogP contribution is 2.12. The van der Waals surface area contributed by atoms with Crippen LogP contribution >= 0.6 is 0 Å². The fourth-order valence-corrected chi connectivity index (χ4v) is 1.37. The van der Waals surface area contributed by atoms with Gasteiger partial charge < -0.3 is 19.1 Å². The lowest BCUT2D eigenvalue weighted by atomic mass is 10.0. The molecule has 0 spiro atoms. The lowest BCUT2D eigenvalue weighted by Gasteiger charge is -2.22. The highest BCUT2D eigenvalue weighted by molar-refractivity contribution is 5.57. The highest BCUT2D eigenvalue weighted by Gasteiger charge is 2.28. The smallest absolute Gasteiger partial charge is 0.230 e. The lowest BCUT2D eigenvalue weighted by molar-refractivity contribution is -0.493. The van der Waals surface area contributed by atoms with Crippen molar-refractivity contribution in [3.8, 4) is 0 Å². The second-order valence-electron chi connectivity index (χ2n) is 3.53. The third-order valence-electron chi connectivity index (χ3n) is 2.29. The number of carbonyl (C=O) groups is 2. The zero-order valence-corrected chi connectivity index (χ0v) is 9.90. The van der Waals surface area contributed by atoms with Gasteiger partial charge in [-0.25, -0.2) is 0 Å². The van der Waals surface area contributed by atoms with Gasteiger partial charge in [0.25, 0.3) is 0 Å². The minimum atomic E-state index is -0.905. The molecule has 7 heteroatoms. The number of nitrogens with zero attached hydrogens (tertiary/aromatic N) is 1. The van der Waals surface area contributed by atoms with Gasteiger partial charge in [-0.05, 0) is 6.42 Å². The van der Waals surface area contributed by atoms with Crippen LogP contribution in [0.25, 0.3) is 0 Å². The van der Waals surface area contributed by atoms with E-state index in [2.05, 4.69) is 0 Å². The first kappa shape index (κ1) is 15.7. The Morgan fingerprint density at radius 2 is 2.00 bits per heavy atom. The molecule has 3 atom stereocenters. The van der Waals surface area contributed by atoms with Gasteiger partial charge in [0.15, 0.2) is 6.29 Å². The maximum Gasteiger partial charge on any atom is 0.230 e. The molecule has 0 saturated heterocycles. The number of aldehydes is 2. The van der Waals surface area contributed by atoms with Crippen LogP contribution in [0.4, 0.5) is 0 Å². The van der Waals surface area contributed by atoms with E-state index in [1.54, 1.807) is 6.92 Å². The van der Waals surface area contributed by atoms with Gasteiger partial charge in [-0.2, -0.15) is 0 Å². The van der Waals surface area contributed by atoms with Crippen LogP contribution < -0.4 is 0 Å². The van der Waals surface area contributed by atoms with Crippen molar-refractivity contribution >= 4 is 12.6 Å². The third-order valence-corrected chi connectivity index (χ3v) is 2.29. The summed E-state index contributed by atoms with van der Waals surface area (Å²) in [5.74, 6) is -0.597. The first-order chi connectivity index (χ1) is 8.08. The van der Waals surface area contributed by atoms with Crippen LogP contribution in [-0.4, -0.2) is 50.0 Å². The fraction of sp³-hybridized carbons (Fsp3) is 0.800. The maximum absolute atomic E-state index is 10.8. The Balaban J connectivity index is 4.59. The topological polar surface area (TPSA) is 95.7 Å². The minimum absolute atomic E-state index is 0.00695. The molecule has 0 fully saturated rings.